The second kappa shape index (κ2) is 6.28. The Bertz CT molecular complexity index is 1100. The quantitative estimate of drug-likeness (QED) is 0.408. The molecule has 4 rings (SSSR count). The highest BCUT2D eigenvalue weighted by Crippen LogP contribution is 2.37. The maximum atomic E-state index is 12.8. The number of ketones is 2. The number of phenols is 1. The lowest BCUT2D eigenvalue weighted by atomic mass is 9.80. The molecule has 0 unspecified atom stereocenters. The molecule has 0 amide bonds. The van der Waals surface area contributed by atoms with Gasteiger partial charge in [0.2, 0.25) is 0 Å². The van der Waals surface area contributed by atoms with Crippen molar-refractivity contribution in [2.24, 2.45) is 0 Å². The van der Waals surface area contributed by atoms with Gasteiger partial charge < -0.3 is 5.11 Å². The van der Waals surface area contributed by atoms with Crippen LogP contribution in [0.5, 0.6) is 5.75 Å². The molecule has 1 N–H and O–H groups in total. The van der Waals surface area contributed by atoms with E-state index >= 15 is 0 Å². The Balaban J connectivity index is 1.93. The molecule has 26 heavy (non-hydrogen) atoms. The molecule has 0 radical (unpaired) electrons. The SMILES string of the molecule is O=C(/C=C1\c2ccccc2C(=O)c2ccc(Cl)cc21)c1cccc(O)c1. The molecule has 0 heterocycles. The summed E-state index contributed by atoms with van der Waals surface area (Å²) in [5.74, 6) is -0.322. The number of carbonyl (C=O) groups excluding carboxylic acids is 2. The predicted molar refractivity (Wildman–Crippen MR) is 101 cm³/mol. The summed E-state index contributed by atoms with van der Waals surface area (Å²) < 4.78 is 0. The van der Waals surface area contributed by atoms with Gasteiger partial charge in [-0.05, 0) is 53.1 Å². The fourth-order valence-corrected chi connectivity index (χ4v) is 3.34. The van der Waals surface area contributed by atoms with E-state index in [-0.39, 0.29) is 17.3 Å². The van der Waals surface area contributed by atoms with Crippen LogP contribution in [0, 0.1) is 0 Å². The number of halogens is 1. The van der Waals surface area contributed by atoms with Gasteiger partial charge in [0.25, 0.3) is 0 Å². The van der Waals surface area contributed by atoms with Crippen molar-refractivity contribution in [3.05, 3.63) is 106 Å². The van der Waals surface area contributed by atoms with Crippen LogP contribution in [0.3, 0.4) is 0 Å². The maximum absolute atomic E-state index is 12.8. The highest BCUT2D eigenvalue weighted by atomic mass is 35.5. The van der Waals surface area contributed by atoms with Crippen LogP contribution in [0.15, 0.2) is 72.8 Å². The number of benzene rings is 3. The number of phenolic OH excluding ortho intramolecular Hbond substituents is 1. The lowest BCUT2D eigenvalue weighted by molar-refractivity contribution is 0.103. The summed E-state index contributed by atoms with van der Waals surface area (Å²) in [6.45, 7) is 0. The molecule has 0 saturated heterocycles. The zero-order valence-corrected chi connectivity index (χ0v) is 14.3. The van der Waals surface area contributed by atoms with Crippen LogP contribution in [-0.4, -0.2) is 16.7 Å². The van der Waals surface area contributed by atoms with Crippen LogP contribution in [0.2, 0.25) is 5.02 Å². The molecule has 0 bridgehead atoms. The van der Waals surface area contributed by atoms with Gasteiger partial charge in [0.1, 0.15) is 5.75 Å². The average Bonchev–Trinajstić information content (AvgIpc) is 2.65. The normalized spacial score (nSPS) is 14.0. The second-order valence-electron chi connectivity index (χ2n) is 6.04. The molecular formula is C22H13ClO3. The standard InChI is InChI=1S/C22H13ClO3/c23-14-8-9-18-19(11-14)20(16-6-1-2-7-17(16)22(18)26)12-21(25)13-4-3-5-15(24)10-13/h1-12,24H/b20-12+. The minimum atomic E-state index is -0.258. The molecule has 126 valence electrons. The van der Waals surface area contributed by atoms with Gasteiger partial charge in [-0.1, -0.05) is 48.0 Å². The molecule has 0 spiro atoms. The summed E-state index contributed by atoms with van der Waals surface area (Å²) in [5.41, 5.74) is 3.41. The minimum absolute atomic E-state index is 0.0249. The van der Waals surface area contributed by atoms with Crippen LogP contribution >= 0.6 is 11.6 Å². The molecule has 4 heteroatoms. The van der Waals surface area contributed by atoms with Crippen molar-refractivity contribution in [2.75, 3.05) is 0 Å². The van der Waals surface area contributed by atoms with Gasteiger partial charge in [0.05, 0.1) is 0 Å². The van der Waals surface area contributed by atoms with Crippen molar-refractivity contribution >= 4 is 28.7 Å². The summed E-state index contributed by atoms with van der Waals surface area (Å²) in [7, 11) is 0. The Labute approximate surface area is 155 Å². The number of fused-ring (bicyclic) bond motifs is 2. The van der Waals surface area contributed by atoms with E-state index < -0.39 is 0 Å². The summed E-state index contributed by atoms with van der Waals surface area (Å²) in [4.78, 5) is 25.5. The van der Waals surface area contributed by atoms with E-state index in [0.717, 1.165) is 0 Å². The van der Waals surface area contributed by atoms with Crippen molar-refractivity contribution in [2.45, 2.75) is 0 Å². The fourth-order valence-electron chi connectivity index (χ4n) is 3.17. The Hall–Kier alpha value is -3.17. The van der Waals surface area contributed by atoms with Gasteiger partial charge in [-0.15, -0.1) is 0 Å². The topological polar surface area (TPSA) is 54.4 Å². The first-order valence-corrected chi connectivity index (χ1v) is 8.41. The van der Waals surface area contributed by atoms with Gasteiger partial charge >= 0.3 is 0 Å². The van der Waals surface area contributed by atoms with E-state index in [2.05, 4.69) is 0 Å². The van der Waals surface area contributed by atoms with Gasteiger partial charge in [0, 0.05) is 21.7 Å². The molecule has 0 atom stereocenters. The molecule has 3 aromatic carbocycles. The number of rotatable bonds is 2. The summed E-state index contributed by atoms with van der Waals surface area (Å²) in [6.07, 6.45) is 1.50. The molecule has 1 aliphatic carbocycles. The van der Waals surface area contributed by atoms with Gasteiger partial charge in [-0.3, -0.25) is 9.59 Å². The second-order valence-corrected chi connectivity index (χ2v) is 6.47. The zero-order chi connectivity index (χ0) is 18.3. The lowest BCUT2D eigenvalue weighted by Crippen LogP contribution is -2.15. The third kappa shape index (κ3) is 2.72. The van der Waals surface area contributed by atoms with Crippen molar-refractivity contribution < 1.29 is 14.7 Å². The summed E-state index contributed by atoms with van der Waals surface area (Å²) >= 11 is 6.13. The van der Waals surface area contributed by atoms with E-state index in [1.807, 2.05) is 12.1 Å². The highest BCUT2D eigenvalue weighted by molar-refractivity contribution is 6.31. The van der Waals surface area contributed by atoms with E-state index in [0.29, 0.717) is 38.4 Å². The Kier molecular flexibility index (Phi) is 3.94. The van der Waals surface area contributed by atoms with Crippen molar-refractivity contribution in [1.29, 1.82) is 0 Å². The first-order valence-electron chi connectivity index (χ1n) is 8.03. The van der Waals surface area contributed by atoms with Crippen LogP contribution in [-0.2, 0) is 0 Å². The first kappa shape index (κ1) is 16.3. The van der Waals surface area contributed by atoms with Crippen LogP contribution in [0.25, 0.3) is 5.57 Å². The van der Waals surface area contributed by atoms with Crippen LogP contribution < -0.4 is 0 Å². The molecular weight excluding hydrogens is 348 g/mol. The number of hydrogen-bond donors (Lipinski definition) is 1. The third-order valence-corrected chi connectivity index (χ3v) is 4.62. The number of hydrogen-bond acceptors (Lipinski definition) is 3. The van der Waals surface area contributed by atoms with E-state index in [4.69, 9.17) is 11.6 Å². The van der Waals surface area contributed by atoms with Crippen LogP contribution in [0.4, 0.5) is 0 Å². The van der Waals surface area contributed by atoms with E-state index in [9.17, 15) is 14.7 Å². The Morgan fingerprint density at radius 3 is 2.35 bits per heavy atom. The van der Waals surface area contributed by atoms with Crippen molar-refractivity contribution in [3.63, 3.8) is 0 Å². The lowest BCUT2D eigenvalue weighted by Gasteiger charge is -2.21. The molecule has 1 aliphatic rings. The number of allylic oxidation sites excluding steroid dienone is 1. The van der Waals surface area contributed by atoms with E-state index in [1.165, 1.54) is 18.2 Å². The Morgan fingerprint density at radius 2 is 1.58 bits per heavy atom. The largest absolute Gasteiger partial charge is 0.508 e. The highest BCUT2D eigenvalue weighted by Gasteiger charge is 2.27. The summed E-state index contributed by atoms with van der Waals surface area (Å²) in [6, 6.07) is 18.4. The predicted octanol–water partition coefficient (Wildman–Crippen LogP) is 4.90. The molecule has 0 aromatic heterocycles. The average molecular weight is 361 g/mol. The third-order valence-electron chi connectivity index (χ3n) is 4.38. The molecule has 0 fully saturated rings. The van der Waals surface area contributed by atoms with Crippen molar-refractivity contribution in [3.8, 4) is 5.75 Å². The van der Waals surface area contributed by atoms with E-state index in [1.54, 1.807) is 42.5 Å². The molecule has 0 aliphatic heterocycles. The number of aromatic hydroxyl groups is 1. The van der Waals surface area contributed by atoms with Gasteiger partial charge in [0.15, 0.2) is 11.6 Å². The first-order chi connectivity index (χ1) is 12.5. The molecule has 3 nitrogen and oxygen atoms in total. The number of carbonyl (C=O) groups is 2. The maximum Gasteiger partial charge on any atom is 0.194 e. The monoisotopic (exact) mass is 360 g/mol. The molecule has 0 saturated carbocycles. The Morgan fingerprint density at radius 1 is 0.846 bits per heavy atom. The smallest absolute Gasteiger partial charge is 0.194 e. The minimum Gasteiger partial charge on any atom is -0.508 e. The van der Waals surface area contributed by atoms with Gasteiger partial charge in [-0.2, -0.15) is 0 Å². The fraction of sp³-hybridized carbons (Fsp3) is 0. The molecule has 3 aromatic rings. The van der Waals surface area contributed by atoms with Gasteiger partial charge in [-0.25, -0.2) is 0 Å². The zero-order valence-electron chi connectivity index (χ0n) is 13.6. The summed E-state index contributed by atoms with van der Waals surface area (Å²) in [5, 5.41) is 10.1. The van der Waals surface area contributed by atoms with Crippen molar-refractivity contribution in [1.82, 2.24) is 0 Å². The van der Waals surface area contributed by atoms with Crippen LogP contribution in [0.1, 0.15) is 37.4 Å².